The lowest BCUT2D eigenvalue weighted by atomic mass is 9.86. The van der Waals surface area contributed by atoms with Crippen LogP contribution in [0.15, 0.2) is 65.8 Å². The van der Waals surface area contributed by atoms with Crippen molar-refractivity contribution >= 4 is 23.5 Å². The Morgan fingerprint density at radius 3 is 2.28 bits per heavy atom. The second-order valence-corrected chi connectivity index (χ2v) is 10.2. The first-order chi connectivity index (χ1) is 18.5. The number of hydrogen-bond donors (Lipinski definition) is 1. The van der Waals surface area contributed by atoms with Crippen molar-refractivity contribution in [2.45, 2.75) is 38.5 Å². The molecular weight excluding hydrogens is 504 g/mol. The number of carbonyl (C=O) groups excluding carboxylic acids is 1. The van der Waals surface area contributed by atoms with Gasteiger partial charge in [-0.05, 0) is 58.7 Å². The summed E-state index contributed by atoms with van der Waals surface area (Å²) in [4.78, 5) is 33.4. The van der Waals surface area contributed by atoms with Crippen LogP contribution in [0.1, 0.15) is 49.8 Å². The Bertz CT molecular complexity index is 1450. The fourth-order valence-electron chi connectivity index (χ4n) is 4.15. The molecule has 2 atom stereocenters. The Labute approximate surface area is 224 Å². The van der Waals surface area contributed by atoms with Crippen LogP contribution in [-0.4, -0.2) is 29.1 Å². The summed E-state index contributed by atoms with van der Waals surface area (Å²) in [6.45, 7) is 6.48. The SMILES string of the molecule is COc1cc(/C=N\NC(=O)C2CC2c2ccc(C(C)(C)C)cc2)ccc1Oc1ccc([N+](=O)[O-])cc1[N+](=O)[O-]. The van der Waals surface area contributed by atoms with E-state index >= 15 is 0 Å². The maximum Gasteiger partial charge on any atom is 0.318 e. The molecule has 0 spiro atoms. The fraction of sp³-hybridized carbons (Fsp3) is 0.286. The minimum Gasteiger partial charge on any atom is -0.493 e. The summed E-state index contributed by atoms with van der Waals surface area (Å²) in [5, 5.41) is 26.4. The summed E-state index contributed by atoms with van der Waals surface area (Å²) in [5.74, 6) is 0.116. The number of ether oxygens (including phenoxy) is 2. The number of carbonyl (C=O) groups is 1. The largest absolute Gasteiger partial charge is 0.493 e. The molecule has 39 heavy (non-hydrogen) atoms. The molecule has 1 fully saturated rings. The number of nitro groups is 2. The Balaban J connectivity index is 1.39. The van der Waals surface area contributed by atoms with E-state index in [4.69, 9.17) is 9.47 Å². The molecule has 1 saturated carbocycles. The number of nitro benzene ring substituents is 2. The molecule has 0 heterocycles. The van der Waals surface area contributed by atoms with Crippen LogP contribution in [0.5, 0.6) is 17.2 Å². The molecule has 3 aromatic carbocycles. The molecule has 0 aliphatic heterocycles. The molecule has 0 saturated heterocycles. The van der Waals surface area contributed by atoms with E-state index in [-0.39, 0.29) is 40.4 Å². The molecule has 4 rings (SSSR count). The van der Waals surface area contributed by atoms with Crippen molar-refractivity contribution in [2.75, 3.05) is 7.11 Å². The standard InChI is InChI=1S/C28H28N4O7/c1-28(2,3)19-8-6-18(7-9-19)21-15-22(21)27(33)30-29-16-17-5-11-25(26(13-17)38-4)39-24-12-10-20(31(34)35)14-23(24)32(36)37/h5-14,16,21-22H,15H2,1-4H3,(H,30,33)/b29-16-. The third-order valence-corrected chi connectivity index (χ3v) is 6.48. The second-order valence-electron chi connectivity index (χ2n) is 10.2. The van der Waals surface area contributed by atoms with Gasteiger partial charge in [-0.3, -0.25) is 25.0 Å². The highest BCUT2D eigenvalue weighted by Gasteiger charge is 2.44. The zero-order valence-electron chi connectivity index (χ0n) is 21.9. The van der Waals surface area contributed by atoms with Crippen LogP contribution in [-0.2, 0) is 10.2 Å². The average Bonchev–Trinajstić information content (AvgIpc) is 3.70. The quantitative estimate of drug-likeness (QED) is 0.206. The van der Waals surface area contributed by atoms with Gasteiger partial charge in [-0.1, -0.05) is 45.0 Å². The number of non-ortho nitro benzene ring substituents is 1. The van der Waals surface area contributed by atoms with E-state index in [0.29, 0.717) is 5.56 Å². The second kappa shape index (κ2) is 10.9. The van der Waals surface area contributed by atoms with E-state index in [9.17, 15) is 25.0 Å². The Hall–Kier alpha value is -4.80. The van der Waals surface area contributed by atoms with E-state index in [1.54, 1.807) is 12.1 Å². The van der Waals surface area contributed by atoms with Gasteiger partial charge in [0.1, 0.15) is 0 Å². The van der Waals surface area contributed by atoms with Crippen LogP contribution >= 0.6 is 0 Å². The minimum atomic E-state index is -0.760. The maximum absolute atomic E-state index is 12.6. The van der Waals surface area contributed by atoms with Crippen LogP contribution in [0.2, 0.25) is 0 Å². The fourth-order valence-corrected chi connectivity index (χ4v) is 4.15. The molecule has 2 unspecified atom stereocenters. The summed E-state index contributed by atoms with van der Waals surface area (Å²) < 4.78 is 11.0. The van der Waals surface area contributed by atoms with Gasteiger partial charge in [-0.15, -0.1) is 0 Å². The van der Waals surface area contributed by atoms with Crippen LogP contribution in [0.3, 0.4) is 0 Å². The van der Waals surface area contributed by atoms with E-state index in [2.05, 4.69) is 55.6 Å². The molecule has 1 amide bonds. The van der Waals surface area contributed by atoms with Crippen molar-refractivity contribution < 1.29 is 24.1 Å². The highest BCUT2D eigenvalue weighted by atomic mass is 16.6. The predicted molar refractivity (Wildman–Crippen MR) is 145 cm³/mol. The number of amides is 1. The van der Waals surface area contributed by atoms with E-state index < -0.39 is 21.2 Å². The van der Waals surface area contributed by atoms with Crippen molar-refractivity contribution in [3.63, 3.8) is 0 Å². The molecule has 202 valence electrons. The molecule has 1 N–H and O–H groups in total. The first-order valence-corrected chi connectivity index (χ1v) is 12.2. The summed E-state index contributed by atoms with van der Waals surface area (Å²) in [6, 6.07) is 16.2. The summed E-state index contributed by atoms with van der Waals surface area (Å²) in [6.07, 6.45) is 2.22. The lowest BCUT2D eigenvalue weighted by Gasteiger charge is -2.19. The Kier molecular flexibility index (Phi) is 7.61. The van der Waals surface area contributed by atoms with Crippen LogP contribution in [0.25, 0.3) is 0 Å². The number of benzene rings is 3. The van der Waals surface area contributed by atoms with Crippen molar-refractivity contribution in [2.24, 2.45) is 11.0 Å². The molecule has 11 nitrogen and oxygen atoms in total. The van der Waals surface area contributed by atoms with Gasteiger partial charge in [0, 0.05) is 12.0 Å². The highest BCUT2D eigenvalue weighted by molar-refractivity contribution is 5.86. The molecule has 0 aromatic heterocycles. The van der Waals surface area contributed by atoms with E-state index in [1.807, 2.05) is 0 Å². The van der Waals surface area contributed by atoms with Crippen LogP contribution < -0.4 is 14.9 Å². The summed E-state index contributed by atoms with van der Waals surface area (Å²) in [7, 11) is 1.40. The van der Waals surface area contributed by atoms with Crippen LogP contribution in [0, 0.1) is 26.1 Å². The van der Waals surface area contributed by atoms with Gasteiger partial charge in [0.15, 0.2) is 11.5 Å². The number of methoxy groups -OCH3 is 1. The molecule has 3 aromatic rings. The first-order valence-electron chi connectivity index (χ1n) is 12.2. The van der Waals surface area contributed by atoms with Crippen LogP contribution in [0.4, 0.5) is 11.4 Å². The Morgan fingerprint density at radius 2 is 1.67 bits per heavy atom. The number of nitrogens with zero attached hydrogens (tertiary/aromatic N) is 3. The third-order valence-electron chi connectivity index (χ3n) is 6.48. The van der Waals surface area contributed by atoms with Crippen molar-refractivity contribution in [1.29, 1.82) is 0 Å². The summed E-state index contributed by atoms with van der Waals surface area (Å²) >= 11 is 0. The predicted octanol–water partition coefficient (Wildman–Crippen LogP) is 5.86. The monoisotopic (exact) mass is 532 g/mol. The van der Waals surface area contributed by atoms with Gasteiger partial charge in [0.25, 0.3) is 5.69 Å². The number of hydrogen-bond acceptors (Lipinski definition) is 8. The lowest BCUT2D eigenvalue weighted by molar-refractivity contribution is -0.394. The maximum atomic E-state index is 12.6. The van der Waals surface area contributed by atoms with Gasteiger partial charge >= 0.3 is 5.69 Å². The normalized spacial score (nSPS) is 16.5. The van der Waals surface area contributed by atoms with Gasteiger partial charge in [0.2, 0.25) is 11.7 Å². The van der Waals surface area contributed by atoms with Gasteiger partial charge in [-0.25, -0.2) is 5.43 Å². The molecule has 1 aliphatic carbocycles. The molecule has 1 aliphatic rings. The van der Waals surface area contributed by atoms with Crippen molar-refractivity contribution in [3.8, 4) is 17.2 Å². The smallest absolute Gasteiger partial charge is 0.318 e. The number of hydrazone groups is 1. The van der Waals surface area contributed by atoms with E-state index in [1.165, 1.54) is 25.0 Å². The topological polar surface area (TPSA) is 146 Å². The molecule has 11 heteroatoms. The number of nitrogens with one attached hydrogen (secondary N) is 1. The van der Waals surface area contributed by atoms with Gasteiger partial charge < -0.3 is 9.47 Å². The third kappa shape index (κ3) is 6.38. The Morgan fingerprint density at radius 1 is 0.974 bits per heavy atom. The lowest BCUT2D eigenvalue weighted by Crippen LogP contribution is -2.20. The summed E-state index contributed by atoms with van der Waals surface area (Å²) in [5.41, 5.74) is 4.65. The zero-order valence-corrected chi connectivity index (χ0v) is 21.9. The minimum absolute atomic E-state index is 0.0727. The highest BCUT2D eigenvalue weighted by Crippen LogP contribution is 2.47. The van der Waals surface area contributed by atoms with Gasteiger partial charge in [-0.2, -0.15) is 5.10 Å². The molecule has 0 bridgehead atoms. The zero-order chi connectivity index (χ0) is 28.3. The average molecular weight is 533 g/mol. The van der Waals surface area contributed by atoms with Gasteiger partial charge in [0.05, 0.1) is 29.2 Å². The van der Waals surface area contributed by atoms with E-state index in [0.717, 1.165) is 30.2 Å². The number of rotatable bonds is 9. The molecular formula is C28H28N4O7. The molecule has 0 radical (unpaired) electrons. The van der Waals surface area contributed by atoms with Crippen molar-refractivity contribution in [3.05, 3.63) is 97.6 Å². The first kappa shape index (κ1) is 27.2. The van der Waals surface area contributed by atoms with Crippen molar-refractivity contribution in [1.82, 2.24) is 5.43 Å².